The molecule has 1 aromatic heterocycles. The minimum Gasteiger partial charge on any atom is -0.340 e. The van der Waals surface area contributed by atoms with E-state index < -0.39 is 14.9 Å². The summed E-state index contributed by atoms with van der Waals surface area (Å²) in [5, 5.41) is 14.9. The number of hydrogen-bond acceptors (Lipinski definition) is 8. The van der Waals surface area contributed by atoms with Crippen molar-refractivity contribution in [3.8, 4) is 0 Å². The molecule has 0 saturated carbocycles. The Kier molecular flexibility index (Phi) is 5.03. The highest BCUT2D eigenvalue weighted by Crippen LogP contribution is 2.25. The fraction of sp³-hybridized carbons (Fsp3) is 0.467. The van der Waals surface area contributed by atoms with Crippen LogP contribution in [-0.2, 0) is 16.6 Å². The summed E-state index contributed by atoms with van der Waals surface area (Å²) >= 11 is 0. The largest absolute Gasteiger partial charge is 0.340 e. The second-order valence-corrected chi connectivity index (χ2v) is 8.05. The highest BCUT2D eigenvalue weighted by molar-refractivity contribution is 7.89. The maximum Gasteiger partial charge on any atom is 0.273 e. The molecule has 1 aliphatic heterocycles. The van der Waals surface area contributed by atoms with Gasteiger partial charge in [0.1, 0.15) is 0 Å². The molecular weight excluding hydrogens is 362 g/mol. The van der Waals surface area contributed by atoms with E-state index in [-0.39, 0.29) is 10.6 Å². The Morgan fingerprint density at radius 3 is 2.50 bits per heavy atom. The predicted octanol–water partition coefficient (Wildman–Crippen LogP) is 1.10. The SMILES string of the molecule is Cc1nc(CN2CCN(S(=O)(=O)c3ccc(C)c([N+](=O)[O-])c3)CC2)no1. The number of aromatic nitrogens is 2. The number of nitrogens with zero attached hydrogens (tertiary/aromatic N) is 5. The molecule has 1 fully saturated rings. The summed E-state index contributed by atoms with van der Waals surface area (Å²) < 4.78 is 31.9. The summed E-state index contributed by atoms with van der Waals surface area (Å²) in [7, 11) is -3.77. The zero-order valence-corrected chi connectivity index (χ0v) is 15.3. The number of rotatable bonds is 5. The first-order valence-corrected chi connectivity index (χ1v) is 9.48. The fourth-order valence-electron chi connectivity index (χ4n) is 2.83. The van der Waals surface area contributed by atoms with Crippen LogP contribution in [0.2, 0.25) is 0 Å². The maximum absolute atomic E-state index is 12.8. The topological polar surface area (TPSA) is 123 Å². The van der Waals surface area contributed by atoms with Crippen molar-refractivity contribution < 1.29 is 17.9 Å². The average Bonchev–Trinajstić information content (AvgIpc) is 3.00. The van der Waals surface area contributed by atoms with Gasteiger partial charge in [-0.05, 0) is 13.0 Å². The minimum atomic E-state index is -3.77. The lowest BCUT2D eigenvalue weighted by atomic mass is 10.2. The van der Waals surface area contributed by atoms with E-state index in [1.807, 2.05) is 4.90 Å². The van der Waals surface area contributed by atoms with E-state index in [2.05, 4.69) is 10.1 Å². The van der Waals surface area contributed by atoms with E-state index in [0.717, 1.165) is 6.07 Å². The second kappa shape index (κ2) is 7.09. The molecule has 0 aliphatic carbocycles. The van der Waals surface area contributed by atoms with Crippen molar-refractivity contribution >= 4 is 15.7 Å². The van der Waals surface area contributed by atoms with Gasteiger partial charge in [-0.2, -0.15) is 9.29 Å². The van der Waals surface area contributed by atoms with E-state index >= 15 is 0 Å². The molecule has 0 amide bonds. The van der Waals surface area contributed by atoms with Gasteiger partial charge in [0.15, 0.2) is 5.82 Å². The summed E-state index contributed by atoms with van der Waals surface area (Å²) in [5.74, 6) is 1.05. The molecule has 2 aromatic rings. The Labute approximate surface area is 150 Å². The summed E-state index contributed by atoms with van der Waals surface area (Å²) in [5.41, 5.74) is 0.228. The normalized spacial score (nSPS) is 16.7. The first-order valence-electron chi connectivity index (χ1n) is 8.04. The molecule has 0 radical (unpaired) electrons. The minimum absolute atomic E-state index is 0.0583. The molecule has 2 heterocycles. The molecule has 26 heavy (non-hydrogen) atoms. The summed E-state index contributed by atoms with van der Waals surface area (Å²) in [6, 6.07) is 3.99. The Balaban J connectivity index is 1.70. The zero-order chi connectivity index (χ0) is 18.9. The third kappa shape index (κ3) is 3.74. The van der Waals surface area contributed by atoms with Gasteiger partial charge >= 0.3 is 0 Å². The van der Waals surface area contributed by atoms with Crippen LogP contribution in [0.3, 0.4) is 0 Å². The quantitative estimate of drug-likeness (QED) is 0.557. The Bertz CT molecular complexity index is 918. The summed E-state index contributed by atoms with van der Waals surface area (Å²) in [6.45, 7) is 5.39. The number of nitro groups is 1. The van der Waals surface area contributed by atoms with Gasteiger partial charge in [0.25, 0.3) is 5.69 Å². The Hall–Kier alpha value is -2.37. The zero-order valence-electron chi connectivity index (χ0n) is 14.5. The maximum atomic E-state index is 12.8. The number of sulfonamides is 1. The fourth-order valence-corrected chi connectivity index (χ4v) is 4.27. The van der Waals surface area contributed by atoms with Crippen molar-refractivity contribution in [3.63, 3.8) is 0 Å². The predicted molar refractivity (Wildman–Crippen MR) is 90.9 cm³/mol. The van der Waals surface area contributed by atoms with Crippen molar-refractivity contribution in [2.45, 2.75) is 25.3 Å². The van der Waals surface area contributed by atoms with E-state index in [1.165, 1.54) is 16.4 Å². The van der Waals surface area contributed by atoms with Crippen LogP contribution >= 0.6 is 0 Å². The molecule has 0 spiro atoms. The molecule has 0 bridgehead atoms. The van der Waals surface area contributed by atoms with Crippen molar-refractivity contribution in [2.24, 2.45) is 0 Å². The molecule has 1 saturated heterocycles. The Morgan fingerprint density at radius 1 is 1.23 bits per heavy atom. The van der Waals surface area contributed by atoms with Gasteiger partial charge in [0.05, 0.1) is 16.4 Å². The average molecular weight is 381 g/mol. The highest BCUT2D eigenvalue weighted by Gasteiger charge is 2.30. The number of aryl methyl sites for hydroxylation is 2. The van der Waals surface area contributed by atoms with Crippen LogP contribution in [0.25, 0.3) is 0 Å². The molecule has 0 atom stereocenters. The summed E-state index contributed by atoms with van der Waals surface area (Å²) in [6.07, 6.45) is 0. The van der Waals surface area contributed by atoms with Crippen LogP contribution in [0.1, 0.15) is 17.3 Å². The first kappa shape index (κ1) is 18.4. The molecule has 3 rings (SSSR count). The lowest BCUT2D eigenvalue weighted by Gasteiger charge is -2.33. The third-order valence-electron chi connectivity index (χ3n) is 4.28. The van der Waals surface area contributed by atoms with Crippen molar-refractivity contribution in [2.75, 3.05) is 26.2 Å². The van der Waals surface area contributed by atoms with E-state index in [4.69, 9.17) is 4.52 Å². The number of hydrogen-bond donors (Lipinski definition) is 0. The number of nitro benzene ring substituents is 1. The Morgan fingerprint density at radius 2 is 1.92 bits per heavy atom. The smallest absolute Gasteiger partial charge is 0.273 e. The van der Waals surface area contributed by atoms with Gasteiger partial charge in [-0.25, -0.2) is 8.42 Å². The molecule has 1 aromatic carbocycles. The standard InChI is InChI=1S/C15H19N5O5S/c1-11-3-4-13(9-14(11)20(21)22)26(23,24)19-7-5-18(6-8-19)10-15-16-12(2)25-17-15/h3-4,9H,5-8,10H2,1-2H3. The van der Waals surface area contributed by atoms with E-state index in [0.29, 0.717) is 50.0 Å². The summed E-state index contributed by atoms with van der Waals surface area (Å²) in [4.78, 5) is 16.6. The van der Waals surface area contributed by atoms with Gasteiger partial charge in [-0.3, -0.25) is 15.0 Å². The lowest BCUT2D eigenvalue weighted by Crippen LogP contribution is -2.48. The molecule has 0 N–H and O–H groups in total. The van der Waals surface area contributed by atoms with Crippen molar-refractivity contribution in [1.82, 2.24) is 19.3 Å². The van der Waals surface area contributed by atoms with Crippen LogP contribution in [0, 0.1) is 24.0 Å². The van der Waals surface area contributed by atoms with E-state index in [1.54, 1.807) is 13.8 Å². The number of benzene rings is 1. The molecule has 1 aliphatic rings. The van der Waals surface area contributed by atoms with Gasteiger partial charge in [-0.1, -0.05) is 11.2 Å². The third-order valence-corrected chi connectivity index (χ3v) is 6.18. The molecule has 0 unspecified atom stereocenters. The number of piperazine rings is 1. The van der Waals surface area contributed by atoms with Crippen LogP contribution in [-0.4, -0.2) is 58.9 Å². The second-order valence-electron chi connectivity index (χ2n) is 6.12. The molecule has 140 valence electrons. The van der Waals surface area contributed by atoms with Crippen LogP contribution in [0.4, 0.5) is 5.69 Å². The monoisotopic (exact) mass is 381 g/mol. The molecule has 11 heteroatoms. The van der Waals surface area contributed by atoms with Crippen LogP contribution < -0.4 is 0 Å². The van der Waals surface area contributed by atoms with Crippen LogP contribution in [0.15, 0.2) is 27.6 Å². The van der Waals surface area contributed by atoms with Gasteiger partial charge < -0.3 is 4.52 Å². The van der Waals surface area contributed by atoms with Crippen LogP contribution in [0.5, 0.6) is 0 Å². The van der Waals surface area contributed by atoms with Gasteiger partial charge in [0.2, 0.25) is 15.9 Å². The van der Waals surface area contributed by atoms with E-state index in [9.17, 15) is 18.5 Å². The van der Waals surface area contributed by atoms with Gasteiger partial charge in [-0.15, -0.1) is 0 Å². The van der Waals surface area contributed by atoms with Gasteiger partial charge in [0, 0.05) is 44.7 Å². The molecular formula is C15H19N5O5S. The van der Waals surface area contributed by atoms with Crippen molar-refractivity contribution in [1.29, 1.82) is 0 Å². The molecule has 10 nitrogen and oxygen atoms in total. The highest BCUT2D eigenvalue weighted by atomic mass is 32.2. The lowest BCUT2D eigenvalue weighted by molar-refractivity contribution is -0.385. The first-order chi connectivity index (χ1) is 12.3. The van der Waals surface area contributed by atoms with Crippen molar-refractivity contribution in [3.05, 3.63) is 45.6 Å².